The summed E-state index contributed by atoms with van der Waals surface area (Å²) in [5.74, 6) is 0. The number of hydrogen-bond acceptors (Lipinski definition) is 3. The Labute approximate surface area is 103 Å². The van der Waals surface area contributed by atoms with E-state index in [9.17, 15) is 8.42 Å². The SMILES string of the molecule is Cc1ccccc1S(=O)(=O)N[C@H](C)CN.Cl. The van der Waals surface area contributed by atoms with Gasteiger partial charge in [-0.25, -0.2) is 13.1 Å². The van der Waals surface area contributed by atoms with E-state index in [1.807, 2.05) is 0 Å². The third-order valence-corrected chi connectivity index (χ3v) is 3.84. The number of nitrogens with two attached hydrogens (primary N) is 1. The number of hydrogen-bond donors (Lipinski definition) is 2. The Bertz CT molecular complexity index is 434. The molecule has 16 heavy (non-hydrogen) atoms. The summed E-state index contributed by atoms with van der Waals surface area (Å²) in [6.07, 6.45) is 0. The van der Waals surface area contributed by atoms with E-state index in [0.29, 0.717) is 4.90 Å². The number of benzene rings is 1. The Morgan fingerprint density at radius 2 is 1.94 bits per heavy atom. The summed E-state index contributed by atoms with van der Waals surface area (Å²) in [6, 6.07) is 6.60. The third kappa shape index (κ3) is 3.75. The second-order valence-electron chi connectivity index (χ2n) is 3.52. The van der Waals surface area contributed by atoms with Crippen molar-refractivity contribution >= 4 is 22.4 Å². The highest BCUT2D eigenvalue weighted by Crippen LogP contribution is 2.13. The van der Waals surface area contributed by atoms with Crippen LogP contribution < -0.4 is 10.5 Å². The van der Waals surface area contributed by atoms with Crippen molar-refractivity contribution in [3.05, 3.63) is 29.8 Å². The molecule has 0 aliphatic carbocycles. The lowest BCUT2D eigenvalue weighted by Gasteiger charge is -2.13. The van der Waals surface area contributed by atoms with Crippen LogP contribution in [0.2, 0.25) is 0 Å². The highest BCUT2D eigenvalue weighted by molar-refractivity contribution is 7.89. The molecule has 0 spiro atoms. The van der Waals surface area contributed by atoms with Gasteiger partial charge in [-0.05, 0) is 25.5 Å². The molecule has 0 bridgehead atoms. The molecule has 0 saturated carbocycles. The van der Waals surface area contributed by atoms with Crippen LogP contribution in [0.5, 0.6) is 0 Å². The van der Waals surface area contributed by atoms with Crippen molar-refractivity contribution in [3.63, 3.8) is 0 Å². The monoisotopic (exact) mass is 264 g/mol. The zero-order valence-electron chi connectivity index (χ0n) is 9.30. The van der Waals surface area contributed by atoms with Crippen molar-refractivity contribution in [1.29, 1.82) is 0 Å². The molecule has 1 atom stereocenters. The van der Waals surface area contributed by atoms with E-state index in [0.717, 1.165) is 5.56 Å². The minimum atomic E-state index is -3.43. The Kier molecular flexibility index (Phi) is 5.96. The third-order valence-electron chi connectivity index (χ3n) is 2.09. The molecule has 0 fully saturated rings. The molecular formula is C10H17ClN2O2S. The largest absolute Gasteiger partial charge is 0.329 e. The van der Waals surface area contributed by atoms with Gasteiger partial charge in [-0.15, -0.1) is 12.4 Å². The van der Waals surface area contributed by atoms with Crippen LogP contribution in [0, 0.1) is 6.92 Å². The van der Waals surface area contributed by atoms with Gasteiger partial charge in [-0.1, -0.05) is 18.2 Å². The van der Waals surface area contributed by atoms with Crippen molar-refractivity contribution in [2.75, 3.05) is 6.54 Å². The fraction of sp³-hybridized carbons (Fsp3) is 0.400. The molecule has 0 saturated heterocycles. The van der Waals surface area contributed by atoms with Crippen molar-refractivity contribution < 1.29 is 8.42 Å². The van der Waals surface area contributed by atoms with E-state index in [4.69, 9.17) is 5.73 Å². The summed E-state index contributed by atoms with van der Waals surface area (Å²) < 4.78 is 26.2. The lowest BCUT2D eigenvalue weighted by molar-refractivity contribution is 0.562. The molecule has 0 aromatic heterocycles. The quantitative estimate of drug-likeness (QED) is 0.854. The molecule has 0 aliphatic rings. The first-order valence-corrected chi connectivity index (χ1v) is 6.23. The lowest BCUT2D eigenvalue weighted by Crippen LogP contribution is -2.37. The van der Waals surface area contributed by atoms with Gasteiger partial charge < -0.3 is 5.73 Å². The van der Waals surface area contributed by atoms with Crippen molar-refractivity contribution in [2.24, 2.45) is 5.73 Å². The number of sulfonamides is 1. The zero-order valence-corrected chi connectivity index (χ0v) is 10.9. The van der Waals surface area contributed by atoms with Gasteiger partial charge in [-0.2, -0.15) is 0 Å². The maximum Gasteiger partial charge on any atom is 0.241 e. The Morgan fingerprint density at radius 3 is 2.44 bits per heavy atom. The number of aryl methyl sites for hydroxylation is 1. The van der Waals surface area contributed by atoms with Gasteiger partial charge >= 0.3 is 0 Å². The maximum absolute atomic E-state index is 11.9. The average Bonchev–Trinajstić information content (AvgIpc) is 2.17. The van der Waals surface area contributed by atoms with Crippen LogP contribution in [0.15, 0.2) is 29.2 Å². The van der Waals surface area contributed by atoms with E-state index in [1.54, 1.807) is 38.1 Å². The first kappa shape index (κ1) is 15.4. The Balaban J connectivity index is 0.00000225. The molecule has 3 N–H and O–H groups in total. The van der Waals surface area contributed by atoms with Crippen LogP contribution in [0.25, 0.3) is 0 Å². The standard InChI is InChI=1S/C10H16N2O2S.ClH/c1-8-5-3-4-6-10(8)15(13,14)12-9(2)7-11;/h3-6,9,12H,7,11H2,1-2H3;1H/t9-;/m1./s1. The van der Waals surface area contributed by atoms with Crippen LogP contribution in [0.1, 0.15) is 12.5 Å². The van der Waals surface area contributed by atoms with Gasteiger partial charge in [0, 0.05) is 12.6 Å². The Hall–Kier alpha value is -0.620. The molecule has 0 aliphatic heterocycles. The van der Waals surface area contributed by atoms with Gasteiger partial charge in [0.1, 0.15) is 0 Å². The summed E-state index contributed by atoms with van der Waals surface area (Å²) in [7, 11) is -3.43. The fourth-order valence-corrected chi connectivity index (χ4v) is 2.74. The van der Waals surface area contributed by atoms with Crippen molar-refractivity contribution in [2.45, 2.75) is 24.8 Å². The van der Waals surface area contributed by atoms with Crippen molar-refractivity contribution in [3.8, 4) is 0 Å². The molecule has 0 unspecified atom stereocenters. The molecule has 1 aromatic rings. The predicted molar refractivity (Wildman–Crippen MR) is 67.3 cm³/mol. The molecule has 4 nitrogen and oxygen atoms in total. The Morgan fingerprint density at radius 1 is 1.38 bits per heavy atom. The number of halogens is 1. The van der Waals surface area contributed by atoms with E-state index >= 15 is 0 Å². The maximum atomic E-state index is 11.9. The second-order valence-corrected chi connectivity index (χ2v) is 5.21. The van der Waals surface area contributed by atoms with E-state index in [2.05, 4.69) is 4.72 Å². The summed E-state index contributed by atoms with van der Waals surface area (Å²) in [5, 5.41) is 0. The first-order chi connectivity index (χ1) is 6.97. The van der Waals surface area contributed by atoms with Gasteiger partial charge in [-0.3, -0.25) is 0 Å². The molecule has 0 heterocycles. The molecule has 6 heteroatoms. The second kappa shape index (κ2) is 6.20. The van der Waals surface area contributed by atoms with E-state index in [-0.39, 0.29) is 25.0 Å². The summed E-state index contributed by atoms with van der Waals surface area (Å²) >= 11 is 0. The van der Waals surface area contributed by atoms with Crippen molar-refractivity contribution in [1.82, 2.24) is 4.72 Å². The normalized spacial score (nSPS) is 12.9. The topological polar surface area (TPSA) is 72.2 Å². The van der Waals surface area contributed by atoms with Crippen LogP contribution in [0.3, 0.4) is 0 Å². The molecule has 0 amide bonds. The minimum Gasteiger partial charge on any atom is -0.329 e. The molecular weight excluding hydrogens is 248 g/mol. The minimum absolute atomic E-state index is 0. The van der Waals surface area contributed by atoms with Crippen LogP contribution in [0.4, 0.5) is 0 Å². The number of nitrogens with one attached hydrogen (secondary N) is 1. The molecule has 1 rings (SSSR count). The highest BCUT2D eigenvalue weighted by Gasteiger charge is 2.17. The summed E-state index contributed by atoms with van der Waals surface area (Å²) in [4.78, 5) is 0.310. The predicted octanol–water partition coefficient (Wildman–Crippen LogP) is 1.04. The summed E-state index contributed by atoms with van der Waals surface area (Å²) in [6.45, 7) is 3.78. The van der Waals surface area contributed by atoms with Gasteiger partial charge in [0.2, 0.25) is 10.0 Å². The smallest absolute Gasteiger partial charge is 0.241 e. The molecule has 1 aromatic carbocycles. The van der Waals surface area contributed by atoms with E-state index in [1.165, 1.54) is 0 Å². The van der Waals surface area contributed by atoms with Gasteiger partial charge in [0.05, 0.1) is 4.90 Å². The van der Waals surface area contributed by atoms with E-state index < -0.39 is 10.0 Å². The van der Waals surface area contributed by atoms with Crippen LogP contribution >= 0.6 is 12.4 Å². The highest BCUT2D eigenvalue weighted by atomic mass is 35.5. The summed E-state index contributed by atoms with van der Waals surface area (Å²) in [5.41, 5.74) is 6.10. The lowest BCUT2D eigenvalue weighted by atomic mass is 10.2. The average molecular weight is 265 g/mol. The first-order valence-electron chi connectivity index (χ1n) is 4.75. The number of rotatable bonds is 4. The zero-order chi connectivity index (χ0) is 11.5. The van der Waals surface area contributed by atoms with Gasteiger partial charge in [0.25, 0.3) is 0 Å². The van der Waals surface area contributed by atoms with Crippen LogP contribution in [-0.2, 0) is 10.0 Å². The van der Waals surface area contributed by atoms with Gasteiger partial charge in [0.15, 0.2) is 0 Å². The molecule has 0 radical (unpaired) electrons. The van der Waals surface area contributed by atoms with Crippen LogP contribution in [-0.4, -0.2) is 21.0 Å². The fourth-order valence-electron chi connectivity index (χ4n) is 1.23. The molecule has 92 valence electrons.